The summed E-state index contributed by atoms with van der Waals surface area (Å²) in [5, 5.41) is 8.34. The summed E-state index contributed by atoms with van der Waals surface area (Å²) in [6.07, 6.45) is 4.44. The van der Waals surface area contributed by atoms with E-state index in [4.69, 9.17) is 5.11 Å². The van der Waals surface area contributed by atoms with Crippen LogP contribution in [0.4, 0.5) is 0 Å². The number of aliphatic carboxylic acids is 1. The van der Waals surface area contributed by atoms with E-state index in [0.717, 1.165) is 12.8 Å². The summed E-state index contributed by atoms with van der Waals surface area (Å²) >= 11 is 0. The Morgan fingerprint density at radius 1 is 1.23 bits per heavy atom. The van der Waals surface area contributed by atoms with Gasteiger partial charge in [0.1, 0.15) is 0 Å². The maximum Gasteiger partial charge on any atom is 0.304 e. The normalized spacial score (nSPS) is 12.7. The molecular formula is C9H18O3S. The molecule has 0 aliphatic heterocycles. The quantitative estimate of drug-likeness (QED) is 0.616. The topological polar surface area (TPSA) is 54.4 Å². The maximum absolute atomic E-state index is 11.2. The second kappa shape index (κ2) is 8.23. The highest BCUT2D eigenvalue weighted by Crippen LogP contribution is 2.01. The lowest BCUT2D eigenvalue weighted by molar-refractivity contribution is -0.136. The van der Waals surface area contributed by atoms with Crippen LogP contribution in [-0.4, -0.2) is 26.8 Å². The van der Waals surface area contributed by atoms with Crippen molar-refractivity contribution in [3.63, 3.8) is 0 Å². The highest BCUT2D eigenvalue weighted by Gasteiger charge is 2.02. The molecule has 1 atom stereocenters. The first-order chi connectivity index (χ1) is 6.16. The van der Waals surface area contributed by atoms with Crippen molar-refractivity contribution in [1.29, 1.82) is 0 Å². The molecule has 0 heterocycles. The largest absolute Gasteiger partial charge is 0.481 e. The van der Waals surface area contributed by atoms with Gasteiger partial charge in [0.25, 0.3) is 0 Å². The second-order valence-corrected chi connectivity index (χ2v) is 4.75. The first-order valence-electron chi connectivity index (χ1n) is 4.73. The predicted molar refractivity (Wildman–Crippen MR) is 54.3 cm³/mol. The van der Waals surface area contributed by atoms with E-state index in [-0.39, 0.29) is 6.42 Å². The second-order valence-electron chi connectivity index (χ2n) is 3.05. The van der Waals surface area contributed by atoms with E-state index in [1.165, 1.54) is 12.8 Å². The smallest absolute Gasteiger partial charge is 0.304 e. The Morgan fingerprint density at radius 3 is 2.46 bits per heavy atom. The summed E-state index contributed by atoms with van der Waals surface area (Å²) in [5.41, 5.74) is 0. The Hall–Kier alpha value is -0.380. The van der Waals surface area contributed by atoms with Gasteiger partial charge in [-0.3, -0.25) is 9.00 Å². The standard InChI is InChI=1S/C9H18O3S/c1-2-3-4-5-7-13(12)8-6-9(10)11/h2-8H2,1H3,(H,10,11). The molecule has 0 aliphatic rings. The lowest BCUT2D eigenvalue weighted by atomic mass is 10.2. The predicted octanol–water partition coefficient (Wildman–Crippen LogP) is 1.79. The van der Waals surface area contributed by atoms with Crippen LogP contribution >= 0.6 is 0 Å². The molecular weight excluding hydrogens is 188 g/mol. The van der Waals surface area contributed by atoms with E-state index < -0.39 is 16.8 Å². The summed E-state index contributed by atoms with van der Waals surface area (Å²) in [6.45, 7) is 2.13. The fraction of sp³-hybridized carbons (Fsp3) is 0.889. The Balaban J connectivity index is 3.25. The van der Waals surface area contributed by atoms with Crippen LogP contribution in [0.25, 0.3) is 0 Å². The summed E-state index contributed by atoms with van der Waals surface area (Å²) in [7, 11) is -0.925. The molecule has 0 aromatic rings. The number of carbonyl (C=O) groups is 1. The lowest BCUT2D eigenvalue weighted by Crippen LogP contribution is -2.07. The number of carboxylic acid groups (broad SMARTS) is 1. The fourth-order valence-electron chi connectivity index (χ4n) is 0.993. The van der Waals surface area contributed by atoms with Gasteiger partial charge in [-0.05, 0) is 6.42 Å². The van der Waals surface area contributed by atoms with Gasteiger partial charge in [-0.1, -0.05) is 26.2 Å². The molecule has 0 bridgehead atoms. The number of hydrogen-bond acceptors (Lipinski definition) is 2. The molecule has 0 aromatic carbocycles. The van der Waals surface area contributed by atoms with Gasteiger partial charge in [0.15, 0.2) is 0 Å². The van der Waals surface area contributed by atoms with Gasteiger partial charge in [0, 0.05) is 22.3 Å². The van der Waals surface area contributed by atoms with Gasteiger partial charge < -0.3 is 5.11 Å². The van der Waals surface area contributed by atoms with E-state index in [1.54, 1.807) is 0 Å². The Bertz CT molecular complexity index is 168. The number of carboxylic acids is 1. The number of unbranched alkanes of at least 4 members (excludes halogenated alkanes) is 3. The average Bonchev–Trinajstić information content (AvgIpc) is 2.09. The first kappa shape index (κ1) is 12.6. The van der Waals surface area contributed by atoms with Gasteiger partial charge in [0.05, 0.1) is 6.42 Å². The summed E-state index contributed by atoms with van der Waals surface area (Å²) in [6, 6.07) is 0. The van der Waals surface area contributed by atoms with Crippen LogP contribution in [0.1, 0.15) is 39.0 Å². The van der Waals surface area contributed by atoms with Crippen molar-refractivity contribution in [2.24, 2.45) is 0 Å². The van der Waals surface area contributed by atoms with Crippen LogP contribution in [0, 0.1) is 0 Å². The Kier molecular flexibility index (Phi) is 7.99. The van der Waals surface area contributed by atoms with Gasteiger partial charge in [-0.25, -0.2) is 0 Å². The zero-order valence-electron chi connectivity index (χ0n) is 8.12. The molecule has 4 heteroatoms. The van der Waals surface area contributed by atoms with Gasteiger partial charge in [-0.2, -0.15) is 0 Å². The molecule has 0 spiro atoms. The van der Waals surface area contributed by atoms with Gasteiger partial charge in [-0.15, -0.1) is 0 Å². The van der Waals surface area contributed by atoms with Crippen molar-refractivity contribution < 1.29 is 14.1 Å². The number of hydrogen-bond donors (Lipinski definition) is 1. The van der Waals surface area contributed by atoms with E-state index in [9.17, 15) is 9.00 Å². The maximum atomic E-state index is 11.2. The van der Waals surface area contributed by atoms with Crippen LogP contribution in [-0.2, 0) is 15.6 Å². The molecule has 0 saturated carbocycles. The van der Waals surface area contributed by atoms with Crippen molar-refractivity contribution in [2.45, 2.75) is 39.0 Å². The van der Waals surface area contributed by atoms with Crippen LogP contribution in [0.3, 0.4) is 0 Å². The zero-order chi connectivity index (χ0) is 10.1. The molecule has 1 N–H and O–H groups in total. The van der Waals surface area contributed by atoms with Crippen LogP contribution in [0.5, 0.6) is 0 Å². The van der Waals surface area contributed by atoms with Crippen molar-refractivity contribution in [3.8, 4) is 0 Å². The minimum atomic E-state index is -0.925. The molecule has 0 aliphatic carbocycles. The molecule has 0 saturated heterocycles. The molecule has 0 fully saturated rings. The van der Waals surface area contributed by atoms with E-state index in [2.05, 4.69) is 6.92 Å². The third kappa shape index (κ3) is 9.53. The lowest BCUT2D eigenvalue weighted by Gasteiger charge is -1.99. The molecule has 1 unspecified atom stereocenters. The summed E-state index contributed by atoms with van der Waals surface area (Å²) in [4.78, 5) is 10.1. The number of rotatable bonds is 8. The van der Waals surface area contributed by atoms with Gasteiger partial charge >= 0.3 is 5.97 Å². The van der Waals surface area contributed by atoms with Crippen molar-refractivity contribution in [1.82, 2.24) is 0 Å². The monoisotopic (exact) mass is 206 g/mol. The molecule has 0 rings (SSSR count). The fourth-order valence-corrected chi connectivity index (χ4v) is 2.13. The summed E-state index contributed by atoms with van der Waals surface area (Å²) in [5.74, 6) is 0.108. The average molecular weight is 206 g/mol. The zero-order valence-corrected chi connectivity index (χ0v) is 8.94. The van der Waals surface area contributed by atoms with Crippen molar-refractivity contribution in [2.75, 3.05) is 11.5 Å². The molecule has 3 nitrogen and oxygen atoms in total. The molecule has 0 amide bonds. The molecule has 0 aromatic heterocycles. The highest BCUT2D eigenvalue weighted by molar-refractivity contribution is 7.84. The van der Waals surface area contributed by atoms with Crippen LogP contribution in [0.2, 0.25) is 0 Å². The van der Waals surface area contributed by atoms with Crippen molar-refractivity contribution >= 4 is 16.8 Å². The summed E-state index contributed by atoms with van der Waals surface area (Å²) < 4.78 is 11.2. The Morgan fingerprint density at radius 2 is 1.92 bits per heavy atom. The van der Waals surface area contributed by atoms with Crippen molar-refractivity contribution in [3.05, 3.63) is 0 Å². The minimum absolute atomic E-state index is 0.0282. The van der Waals surface area contributed by atoms with E-state index >= 15 is 0 Å². The third-order valence-electron chi connectivity index (χ3n) is 1.77. The molecule has 13 heavy (non-hydrogen) atoms. The van der Waals surface area contributed by atoms with Crippen LogP contribution in [0.15, 0.2) is 0 Å². The van der Waals surface area contributed by atoms with Gasteiger partial charge in [0.2, 0.25) is 0 Å². The van der Waals surface area contributed by atoms with E-state index in [1.807, 2.05) is 0 Å². The minimum Gasteiger partial charge on any atom is -0.481 e. The third-order valence-corrected chi connectivity index (χ3v) is 3.17. The molecule has 0 radical (unpaired) electrons. The van der Waals surface area contributed by atoms with E-state index in [0.29, 0.717) is 11.5 Å². The first-order valence-corrected chi connectivity index (χ1v) is 6.22. The highest BCUT2D eigenvalue weighted by atomic mass is 32.2. The van der Waals surface area contributed by atoms with Crippen LogP contribution < -0.4 is 0 Å². The Labute approximate surface area is 82.0 Å². The molecule has 78 valence electrons. The SMILES string of the molecule is CCCCCCS(=O)CCC(=O)O.